The van der Waals surface area contributed by atoms with Crippen LogP contribution in [0.15, 0.2) is 22.7 Å². The molecule has 0 atom stereocenters. The number of benzene rings is 1. The Kier molecular flexibility index (Phi) is 4.62. The van der Waals surface area contributed by atoms with E-state index < -0.39 is 5.97 Å². The molecule has 0 fully saturated rings. The molecule has 1 rings (SSSR count). The van der Waals surface area contributed by atoms with Crippen LogP contribution in [0.25, 0.3) is 0 Å². The number of hydrogen-bond acceptors (Lipinski definition) is 1. The molecule has 14 heavy (non-hydrogen) atoms. The van der Waals surface area contributed by atoms with Crippen molar-refractivity contribution in [1.29, 1.82) is 0 Å². The van der Waals surface area contributed by atoms with Gasteiger partial charge in [0.25, 0.3) is 0 Å². The predicted molar refractivity (Wildman–Crippen MR) is 62.7 cm³/mol. The van der Waals surface area contributed by atoms with Crippen LogP contribution in [0.1, 0.15) is 17.5 Å². The van der Waals surface area contributed by atoms with E-state index in [4.69, 9.17) is 5.11 Å². The van der Waals surface area contributed by atoms with Gasteiger partial charge in [0, 0.05) is 16.2 Å². The summed E-state index contributed by atoms with van der Waals surface area (Å²) < 4.78 is 1.05. The second-order valence-corrected chi connectivity index (χ2v) is 4.37. The highest BCUT2D eigenvalue weighted by Crippen LogP contribution is 2.21. The quantitative estimate of drug-likeness (QED) is 0.863. The van der Waals surface area contributed by atoms with Crippen molar-refractivity contribution in [3.63, 3.8) is 0 Å². The summed E-state index contributed by atoms with van der Waals surface area (Å²) in [6, 6.07) is 5.91. The van der Waals surface area contributed by atoms with Gasteiger partial charge in [-0.1, -0.05) is 44.0 Å². The van der Waals surface area contributed by atoms with Crippen LogP contribution in [-0.2, 0) is 16.5 Å². The minimum absolute atomic E-state index is 0.184. The molecule has 0 spiro atoms. The molecule has 0 saturated carbocycles. The Balaban J connectivity index is 2.74. The lowest BCUT2D eigenvalue weighted by atomic mass is 10.1. The molecule has 76 valence electrons. The third-order valence-corrected chi connectivity index (χ3v) is 3.26. The van der Waals surface area contributed by atoms with Crippen molar-refractivity contribution < 1.29 is 9.90 Å². The fraction of sp³-hybridized carbons (Fsp3) is 0.300. The number of rotatable bonds is 4. The van der Waals surface area contributed by atoms with Crippen LogP contribution in [0, 0.1) is 0 Å². The van der Waals surface area contributed by atoms with Crippen LogP contribution in [-0.4, -0.2) is 11.1 Å². The number of carbonyl (C=O) groups is 1. The van der Waals surface area contributed by atoms with Crippen molar-refractivity contribution in [1.82, 2.24) is 0 Å². The normalized spacial score (nSPS) is 10.1. The largest absolute Gasteiger partial charge is 0.481 e. The van der Waals surface area contributed by atoms with Crippen molar-refractivity contribution in [2.45, 2.75) is 18.2 Å². The second-order valence-electron chi connectivity index (χ2n) is 2.95. The highest BCUT2D eigenvalue weighted by molar-refractivity contribution is 9.10. The van der Waals surface area contributed by atoms with E-state index in [0.29, 0.717) is 6.42 Å². The Morgan fingerprint density at radius 3 is 2.71 bits per heavy atom. The molecule has 0 unspecified atom stereocenters. The van der Waals surface area contributed by atoms with Gasteiger partial charge >= 0.3 is 5.97 Å². The zero-order valence-electron chi connectivity index (χ0n) is 7.46. The van der Waals surface area contributed by atoms with E-state index in [2.05, 4.69) is 31.9 Å². The number of alkyl halides is 1. The molecule has 0 aliphatic rings. The van der Waals surface area contributed by atoms with Gasteiger partial charge in [-0.05, 0) is 23.6 Å². The van der Waals surface area contributed by atoms with E-state index in [9.17, 15) is 4.79 Å². The number of aliphatic carboxylic acids is 1. The average Bonchev–Trinajstić information content (AvgIpc) is 2.16. The highest BCUT2D eigenvalue weighted by atomic mass is 79.9. The molecule has 1 aromatic rings. The molecule has 0 bridgehead atoms. The fourth-order valence-electron chi connectivity index (χ4n) is 1.14. The molecule has 0 amide bonds. The number of aryl methyl sites for hydroxylation is 1. The van der Waals surface area contributed by atoms with Gasteiger partial charge < -0.3 is 5.11 Å². The van der Waals surface area contributed by atoms with Gasteiger partial charge in [-0.25, -0.2) is 0 Å². The minimum atomic E-state index is -0.756. The third kappa shape index (κ3) is 3.42. The summed E-state index contributed by atoms with van der Waals surface area (Å²) in [4.78, 5) is 10.4. The molecular weight excluding hydrogens is 312 g/mol. The van der Waals surface area contributed by atoms with Crippen LogP contribution in [0.2, 0.25) is 0 Å². The van der Waals surface area contributed by atoms with E-state index in [-0.39, 0.29) is 6.42 Å². The second kappa shape index (κ2) is 5.51. The summed E-state index contributed by atoms with van der Waals surface area (Å²) >= 11 is 6.80. The van der Waals surface area contributed by atoms with Crippen LogP contribution >= 0.6 is 31.9 Å². The molecule has 0 aliphatic heterocycles. The molecule has 2 nitrogen and oxygen atoms in total. The SMILES string of the molecule is O=C(O)CCc1ccc(Br)c(CBr)c1. The molecule has 0 radical (unpaired) electrons. The Morgan fingerprint density at radius 1 is 1.43 bits per heavy atom. The third-order valence-electron chi connectivity index (χ3n) is 1.88. The van der Waals surface area contributed by atoms with Gasteiger partial charge in [0.1, 0.15) is 0 Å². The van der Waals surface area contributed by atoms with E-state index in [1.165, 1.54) is 0 Å². The first-order valence-corrected chi connectivity index (χ1v) is 6.10. The standard InChI is InChI=1S/C10H10Br2O2/c11-6-8-5-7(1-3-9(8)12)2-4-10(13)14/h1,3,5H,2,4,6H2,(H,13,14). The lowest BCUT2D eigenvalue weighted by Crippen LogP contribution is -1.97. The summed E-state index contributed by atoms with van der Waals surface area (Å²) in [7, 11) is 0. The van der Waals surface area contributed by atoms with E-state index in [1.807, 2.05) is 18.2 Å². The number of carboxylic acid groups (broad SMARTS) is 1. The van der Waals surface area contributed by atoms with Crippen LogP contribution < -0.4 is 0 Å². The number of halogens is 2. The topological polar surface area (TPSA) is 37.3 Å². The maximum atomic E-state index is 10.4. The Labute approximate surface area is 99.6 Å². The van der Waals surface area contributed by atoms with Crippen molar-refractivity contribution in [2.75, 3.05) is 0 Å². The van der Waals surface area contributed by atoms with Crippen molar-refractivity contribution in [3.05, 3.63) is 33.8 Å². The Morgan fingerprint density at radius 2 is 2.14 bits per heavy atom. The van der Waals surface area contributed by atoms with Crippen LogP contribution in [0.4, 0.5) is 0 Å². The van der Waals surface area contributed by atoms with Gasteiger partial charge in [0.15, 0.2) is 0 Å². The number of hydrogen-bond donors (Lipinski definition) is 1. The van der Waals surface area contributed by atoms with Crippen LogP contribution in [0.5, 0.6) is 0 Å². The molecular formula is C10H10Br2O2. The van der Waals surface area contributed by atoms with Gasteiger partial charge in [-0.15, -0.1) is 0 Å². The lowest BCUT2D eigenvalue weighted by Gasteiger charge is -2.04. The first kappa shape index (κ1) is 11.7. The molecule has 0 aromatic heterocycles. The Bertz CT molecular complexity index is 337. The lowest BCUT2D eigenvalue weighted by molar-refractivity contribution is -0.136. The average molecular weight is 322 g/mol. The molecule has 0 aliphatic carbocycles. The maximum absolute atomic E-state index is 10.4. The van der Waals surface area contributed by atoms with Crippen molar-refractivity contribution in [2.24, 2.45) is 0 Å². The summed E-state index contributed by atoms with van der Waals surface area (Å²) in [6.45, 7) is 0. The monoisotopic (exact) mass is 320 g/mol. The van der Waals surface area contributed by atoms with Gasteiger partial charge in [0.2, 0.25) is 0 Å². The van der Waals surface area contributed by atoms with Gasteiger partial charge in [-0.3, -0.25) is 4.79 Å². The summed E-state index contributed by atoms with van der Waals surface area (Å²) in [5.41, 5.74) is 2.21. The van der Waals surface area contributed by atoms with Crippen molar-refractivity contribution >= 4 is 37.8 Å². The minimum Gasteiger partial charge on any atom is -0.481 e. The first-order valence-electron chi connectivity index (χ1n) is 4.18. The summed E-state index contributed by atoms with van der Waals surface area (Å²) in [6.07, 6.45) is 0.770. The smallest absolute Gasteiger partial charge is 0.303 e. The highest BCUT2D eigenvalue weighted by Gasteiger charge is 2.02. The fourth-order valence-corrected chi connectivity index (χ4v) is 2.36. The van der Waals surface area contributed by atoms with E-state index >= 15 is 0 Å². The van der Waals surface area contributed by atoms with E-state index in [1.54, 1.807) is 0 Å². The first-order chi connectivity index (χ1) is 6.63. The van der Waals surface area contributed by atoms with Gasteiger partial charge in [0.05, 0.1) is 0 Å². The molecule has 1 aromatic carbocycles. The van der Waals surface area contributed by atoms with Gasteiger partial charge in [-0.2, -0.15) is 0 Å². The molecule has 4 heteroatoms. The predicted octanol–water partition coefficient (Wildman–Crippen LogP) is 3.36. The number of carboxylic acids is 1. The zero-order chi connectivity index (χ0) is 10.6. The zero-order valence-corrected chi connectivity index (χ0v) is 10.6. The molecule has 1 N–H and O–H groups in total. The maximum Gasteiger partial charge on any atom is 0.303 e. The molecule has 0 heterocycles. The summed E-state index contributed by atoms with van der Waals surface area (Å²) in [5, 5.41) is 9.31. The van der Waals surface area contributed by atoms with Crippen LogP contribution in [0.3, 0.4) is 0 Å². The summed E-state index contributed by atoms with van der Waals surface area (Å²) in [5.74, 6) is -0.756. The van der Waals surface area contributed by atoms with Crippen molar-refractivity contribution in [3.8, 4) is 0 Å². The van der Waals surface area contributed by atoms with E-state index in [0.717, 1.165) is 20.9 Å². The molecule has 0 saturated heterocycles. The Hall–Kier alpha value is -0.350.